The van der Waals surface area contributed by atoms with E-state index >= 15 is 0 Å². The molecule has 0 aliphatic carbocycles. The van der Waals surface area contributed by atoms with E-state index in [4.69, 9.17) is 9.47 Å². The van der Waals surface area contributed by atoms with Crippen molar-refractivity contribution < 1.29 is 19.1 Å². The molecule has 2 aromatic carbocycles. The predicted octanol–water partition coefficient (Wildman–Crippen LogP) is 4.31. The zero-order chi connectivity index (χ0) is 21.8. The molecule has 0 radical (unpaired) electrons. The first-order chi connectivity index (χ1) is 14.4. The van der Waals surface area contributed by atoms with Gasteiger partial charge in [0, 0.05) is 18.3 Å². The van der Waals surface area contributed by atoms with Crippen LogP contribution in [0.25, 0.3) is 5.57 Å². The molecule has 0 aromatic heterocycles. The van der Waals surface area contributed by atoms with Gasteiger partial charge in [-0.1, -0.05) is 18.2 Å². The fourth-order valence-corrected chi connectivity index (χ4v) is 3.42. The van der Waals surface area contributed by atoms with Gasteiger partial charge in [0.15, 0.2) is 11.5 Å². The van der Waals surface area contributed by atoms with Crippen LogP contribution >= 0.6 is 0 Å². The molecule has 6 nitrogen and oxygen atoms in total. The van der Waals surface area contributed by atoms with Gasteiger partial charge in [0.1, 0.15) is 5.70 Å². The van der Waals surface area contributed by atoms with Gasteiger partial charge in [-0.2, -0.15) is 0 Å². The second-order valence-corrected chi connectivity index (χ2v) is 7.06. The third kappa shape index (κ3) is 4.03. The number of nitrogens with one attached hydrogen (secondary N) is 1. The van der Waals surface area contributed by atoms with Gasteiger partial charge in [-0.15, -0.1) is 0 Å². The Kier molecular flexibility index (Phi) is 6.45. The van der Waals surface area contributed by atoms with Crippen LogP contribution < -0.4 is 14.8 Å². The van der Waals surface area contributed by atoms with Crippen LogP contribution in [0, 0.1) is 13.8 Å². The summed E-state index contributed by atoms with van der Waals surface area (Å²) in [5.74, 6) is 0.603. The molecule has 0 bridgehead atoms. The second kappa shape index (κ2) is 9.03. The Morgan fingerprint density at radius 3 is 2.17 bits per heavy atom. The minimum Gasteiger partial charge on any atom is -0.490 e. The Labute approximate surface area is 177 Å². The highest BCUT2D eigenvalue weighted by Gasteiger charge is 2.38. The number of carbonyl (C=O) groups excluding carboxylic acids is 2. The Morgan fingerprint density at radius 1 is 0.833 bits per heavy atom. The Morgan fingerprint density at radius 2 is 1.53 bits per heavy atom. The Balaban J connectivity index is 2.06. The molecule has 30 heavy (non-hydrogen) atoms. The number of hydrogen-bond acceptors (Lipinski definition) is 5. The van der Waals surface area contributed by atoms with Crippen molar-refractivity contribution in [3.05, 3.63) is 58.8 Å². The molecule has 1 N–H and O–H groups in total. The number of hydrogen-bond donors (Lipinski definition) is 1. The lowest BCUT2D eigenvalue weighted by molar-refractivity contribution is -0.136. The highest BCUT2D eigenvalue weighted by Crippen LogP contribution is 2.34. The van der Waals surface area contributed by atoms with Crippen molar-refractivity contribution in [2.45, 2.75) is 34.6 Å². The van der Waals surface area contributed by atoms with E-state index in [0.717, 1.165) is 16.7 Å². The van der Waals surface area contributed by atoms with Crippen LogP contribution in [0.5, 0.6) is 11.5 Å². The first kappa shape index (κ1) is 21.4. The van der Waals surface area contributed by atoms with Gasteiger partial charge < -0.3 is 14.8 Å². The minimum absolute atomic E-state index is 0.275. The maximum absolute atomic E-state index is 13.0. The number of aryl methyl sites for hydroxylation is 2. The molecule has 0 atom stereocenters. The van der Waals surface area contributed by atoms with Crippen molar-refractivity contribution >= 4 is 23.1 Å². The molecule has 1 heterocycles. The van der Waals surface area contributed by atoms with Gasteiger partial charge in [0.2, 0.25) is 0 Å². The molecule has 0 unspecified atom stereocenters. The predicted molar refractivity (Wildman–Crippen MR) is 118 cm³/mol. The summed E-state index contributed by atoms with van der Waals surface area (Å²) in [5.41, 5.74) is 4.23. The minimum atomic E-state index is -0.331. The summed E-state index contributed by atoms with van der Waals surface area (Å²) >= 11 is 0. The molecule has 6 heteroatoms. The number of benzene rings is 2. The SMILES string of the molecule is CCOc1ccc(NC2=C(c3ccc(C)c(C)c3)C(=O)N(CC)C2=O)cc1OCC. The summed E-state index contributed by atoms with van der Waals surface area (Å²) in [7, 11) is 0. The van der Waals surface area contributed by atoms with Gasteiger partial charge in [0.25, 0.3) is 11.8 Å². The van der Waals surface area contributed by atoms with E-state index in [1.807, 2.05) is 52.0 Å². The number of nitrogens with zero attached hydrogens (tertiary/aromatic N) is 1. The van der Waals surface area contributed by atoms with Crippen molar-refractivity contribution in [2.75, 3.05) is 25.1 Å². The van der Waals surface area contributed by atoms with Crippen molar-refractivity contribution in [3.8, 4) is 11.5 Å². The summed E-state index contributed by atoms with van der Waals surface area (Å²) < 4.78 is 11.3. The zero-order valence-electron chi connectivity index (χ0n) is 18.2. The molecule has 0 fully saturated rings. The molecule has 158 valence electrons. The average molecular weight is 408 g/mol. The first-order valence-corrected chi connectivity index (χ1v) is 10.3. The van der Waals surface area contributed by atoms with E-state index in [0.29, 0.717) is 42.5 Å². The quantitative estimate of drug-likeness (QED) is 0.659. The average Bonchev–Trinajstić information content (AvgIpc) is 2.95. The molecule has 2 amide bonds. The summed E-state index contributed by atoms with van der Waals surface area (Å²) in [5, 5.41) is 3.17. The van der Waals surface area contributed by atoms with E-state index in [1.165, 1.54) is 4.90 Å². The Bertz CT molecular complexity index is 1010. The summed E-state index contributed by atoms with van der Waals surface area (Å²) in [4.78, 5) is 27.3. The molecule has 0 saturated heterocycles. The van der Waals surface area contributed by atoms with Gasteiger partial charge in [0.05, 0.1) is 18.8 Å². The van der Waals surface area contributed by atoms with E-state index in [1.54, 1.807) is 19.1 Å². The smallest absolute Gasteiger partial charge is 0.278 e. The highest BCUT2D eigenvalue weighted by atomic mass is 16.5. The van der Waals surface area contributed by atoms with Crippen molar-refractivity contribution in [2.24, 2.45) is 0 Å². The third-order valence-electron chi connectivity index (χ3n) is 5.09. The lowest BCUT2D eigenvalue weighted by Crippen LogP contribution is -2.32. The van der Waals surface area contributed by atoms with Crippen LogP contribution in [0.2, 0.25) is 0 Å². The van der Waals surface area contributed by atoms with E-state index in [9.17, 15) is 9.59 Å². The van der Waals surface area contributed by atoms with Crippen LogP contribution in [0.15, 0.2) is 42.1 Å². The maximum Gasteiger partial charge on any atom is 0.278 e. The highest BCUT2D eigenvalue weighted by molar-refractivity contribution is 6.36. The van der Waals surface area contributed by atoms with E-state index < -0.39 is 0 Å². The molecule has 0 spiro atoms. The first-order valence-electron chi connectivity index (χ1n) is 10.3. The molecule has 1 aliphatic heterocycles. The monoisotopic (exact) mass is 408 g/mol. The van der Waals surface area contributed by atoms with Crippen LogP contribution in [-0.2, 0) is 9.59 Å². The van der Waals surface area contributed by atoms with E-state index in [2.05, 4.69) is 5.32 Å². The maximum atomic E-state index is 13.0. The number of likely N-dealkylation sites (N-methyl/N-ethyl adjacent to an activating group) is 1. The Hall–Kier alpha value is -3.28. The third-order valence-corrected chi connectivity index (χ3v) is 5.09. The van der Waals surface area contributed by atoms with Crippen molar-refractivity contribution in [1.29, 1.82) is 0 Å². The van der Waals surface area contributed by atoms with E-state index in [-0.39, 0.29) is 17.5 Å². The fraction of sp³-hybridized carbons (Fsp3) is 0.333. The molecular weight excluding hydrogens is 380 g/mol. The van der Waals surface area contributed by atoms with Crippen molar-refractivity contribution in [1.82, 2.24) is 4.90 Å². The normalized spacial score (nSPS) is 13.8. The molecular formula is C24H28N2O4. The lowest BCUT2D eigenvalue weighted by Gasteiger charge is -2.14. The second-order valence-electron chi connectivity index (χ2n) is 7.06. The lowest BCUT2D eigenvalue weighted by atomic mass is 9.99. The summed E-state index contributed by atoms with van der Waals surface area (Å²) in [6.45, 7) is 10.9. The van der Waals surface area contributed by atoms with Gasteiger partial charge in [-0.25, -0.2) is 0 Å². The number of anilines is 1. The van der Waals surface area contributed by atoms with Crippen LogP contribution in [0.1, 0.15) is 37.5 Å². The van der Waals surface area contributed by atoms with Crippen LogP contribution in [0.3, 0.4) is 0 Å². The van der Waals surface area contributed by atoms with Crippen LogP contribution in [0.4, 0.5) is 5.69 Å². The molecule has 2 aromatic rings. The standard InChI is InChI=1S/C24H28N2O4/c1-6-26-23(27)21(17-10-9-15(4)16(5)13-17)22(24(26)28)25-18-11-12-19(29-7-2)20(14-18)30-8-3/h9-14,25H,6-8H2,1-5H3. The topological polar surface area (TPSA) is 67.9 Å². The number of rotatable bonds is 8. The molecule has 0 saturated carbocycles. The molecule has 1 aliphatic rings. The van der Waals surface area contributed by atoms with Crippen LogP contribution in [-0.4, -0.2) is 36.5 Å². The number of amides is 2. The summed E-state index contributed by atoms with van der Waals surface area (Å²) in [6.07, 6.45) is 0. The fourth-order valence-electron chi connectivity index (χ4n) is 3.42. The number of imide groups is 1. The van der Waals surface area contributed by atoms with Gasteiger partial charge in [-0.3, -0.25) is 14.5 Å². The molecule has 3 rings (SSSR count). The zero-order valence-corrected chi connectivity index (χ0v) is 18.2. The van der Waals surface area contributed by atoms with Crippen molar-refractivity contribution in [3.63, 3.8) is 0 Å². The van der Waals surface area contributed by atoms with Gasteiger partial charge >= 0.3 is 0 Å². The van der Waals surface area contributed by atoms with Gasteiger partial charge in [-0.05, 0) is 63.4 Å². The number of carbonyl (C=O) groups is 2. The number of ether oxygens (including phenoxy) is 2. The largest absolute Gasteiger partial charge is 0.490 e. The summed E-state index contributed by atoms with van der Waals surface area (Å²) in [6, 6.07) is 11.2.